The second-order valence-electron chi connectivity index (χ2n) is 5.64. The van der Waals surface area contributed by atoms with Crippen molar-refractivity contribution in [3.63, 3.8) is 0 Å². The first kappa shape index (κ1) is 15.0. The molecule has 1 unspecified atom stereocenters. The first-order valence-electron chi connectivity index (χ1n) is 6.71. The Labute approximate surface area is 116 Å². The summed E-state index contributed by atoms with van der Waals surface area (Å²) in [6.45, 7) is 3.49. The van der Waals surface area contributed by atoms with Gasteiger partial charge in [0.25, 0.3) is 0 Å². The number of rotatable bonds is 3. The Morgan fingerprint density at radius 2 is 1.95 bits per heavy atom. The van der Waals surface area contributed by atoms with Crippen LogP contribution in [0.1, 0.15) is 30.9 Å². The van der Waals surface area contributed by atoms with Gasteiger partial charge in [-0.15, -0.1) is 0 Å². The molecule has 0 aliphatic carbocycles. The summed E-state index contributed by atoms with van der Waals surface area (Å²) in [5.74, 6) is 0.0875. The summed E-state index contributed by atoms with van der Waals surface area (Å²) in [7, 11) is 0. The molecular formula is C15H18F3NO. The number of hydrogen-bond acceptors (Lipinski definition) is 2. The summed E-state index contributed by atoms with van der Waals surface area (Å²) in [6.07, 6.45) is -2.35. The van der Waals surface area contributed by atoms with Crippen LogP contribution in [0, 0.1) is 5.41 Å². The van der Waals surface area contributed by atoms with Crippen molar-refractivity contribution >= 4 is 5.78 Å². The molecule has 1 saturated heterocycles. The van der Waals surface area contributed by atoms with Gasteiger partial charge in [-0.25, -0.2) is 0 Å². The number of halogens is 3. The third-order valence-electron chi connectivity index (χ3n) is 3.92. The van der Waals surface area contributed by atoms with Gasteiger partial charge in [0.15, 0.2) is 0 Å². The van der Waals surface area contributed by atoms with Crippen LogP contribution in [0.25, 0.3) is 0 Å². The molecule has 0 amide bonds. The highest BCUT2D eigenvalue weighted by Crippen LogP contribution is 2.30. The number of ketones is 1. The van der Waals surface area contributed by atoms with Crippen molar-refractivity contribution < 1.29 is 18.0 Å². The molecular weight excluding hydrogens is 267 g/mol. The molecule has 0 saturated carbocycles. The fourth-order valence-corrected chi connectivity index (χ4v) is 2.50. The van der Waals surface area contributed by atoms with E-state index in [9.17, 15) is 18.0 Å². The quantitative estimate of drug-likeness (QED) is 0.924. The van der Waals surface area contributed by atoms with E-state index < -0.39 is 17.2 Å². The van der Waals surface area contributed by atoms with E-state index in [1.807, 2.05) is 6.92 Å². The summed E-state index contributed by atoms with van der Waals surface area (Å²) in [5.41, 5.74) is -0.449. The summed E-state index contributed by atoms with van der Waals surface area (Å²) < 4.78 is 37.4. The number of nitrogens with one attached hydrogen (secondary N) is 1. The fourth-order valence-electron chi connectivity index (χ4n) is 2.50. The Kier molecular flexibility index (Phi) is 4.18. The largest absolute Gasteiger partial charge is 0.416 e. The van der Waals surface area contributed by atoms with Gasteiger partial charge in [0, 0.05) is 18.4 Å². The molecule has 20 heavy (non-hydrogen) atoms. The summed E-state index contributed by atoms with van der Waals surface area (Å²) in [5, 5.41) is 3.20. The molecule has 0 spiro atoms. The Morgan fingerprint density at radius 3 is 2.45 bits per heavy atom. The number of hydrogen-bond donors (Lipinski definition) is 1. The lowest BCUT2D eigenvalue weighted by Crippen LogP contribution is -2.44. The topological polar surface area (TPSA) is 29.1 Å². The van der Waals surface area contributed by atoms with Crippen LogP contribution in [-0.2, 0) is 17.4 Å². The number of Topliss-reactive ketones (excluding diaryl/α,β-unsaturated/α-hetero) is 1. The van der Waals surface area contributed by atoms with Gasteiger partial charge in [-0.1, -0.05) is 19.1 Å². The Morgan fingerprint density at radius 1 is 1.30 bits per heavy atom. The van der Waals surface area contributed by atoms with E-state index in [4.69, 9.17) is 0 Å². The Balaban J connectivity index is 2.04. The van der Waals surface area contributed by atoms with Gasteiger partial charge < -0.3 is 5.32 Å². The first-order valence-corrected chi connectivity index (χ1v) is 6.71. The highest BCUT2D eigenvalue weighted by Gasteiger charge is 2.34. The molecule has 1 aromatic carbocycles. The number of benzene rings is 1. The summed E-state index contributed by atoms with van der Waals surface area (Å²) in [4.78, 5) is 12.3. The zero-order valence-electron chi connectivity index (χ0n) is 11.4. The van der Waals surface area contributed by atoms with Gasteiger partial charge in [-0.05, 0) is 37.1 Å². The van der Waals surface area contributed by atoms with E-state index >= 15 is 0 Å². The maximum absolute atomic E-state index is 12.5. The summed E-state index contributed by atoms with van der Waals surface area (Å²) >= 11 is 0. The van der Waals surface area contributed by atoms with Crippen molar-refractivity contribution in [1.82, 2.24) is 5.32 Å². The molecule has 0 radical (unpaired) electrons. The molecule has 1 N–H and O–H groups in total. The maximum Gasteiger partial charge on any atom is 0.416 e. The minimum absolute atomic E-state index is 0.0875. The van der Waals surface area contributed by atoms with Crippen molar-refractivity contribution in [1.29, 1.82) is 0 Å². The number of piperidine rings is 1. The SMILES string of the molecule is CC1(C(=O)Cc2ccc(C(F)(F)F)cc2)CCCNC1. The van der Waals surface area contributed by atoms with Gasteiger partial charge in [0.1, 0.15) is 5.78 Å². The molecule has 2 rings (SSSR count). The molecule has 0 bridgehead atoms. The predicted octanol–water partition coefficient (Wildman–Crippen LogP) is 3.21. The molecule has 2 nitrogen and oxygen atoms in total. The van der Waals surface area contributed by atoms with Crippen molar-refractivity contribution in [3.05, 3.63) is 35.4 Å². The average Bonchev–Trinajstić information content (AvgIpc) is 2.39. The van der Waals surface area contributed by atoms with Crippen LogP contribution in [0.2, 0.25) is 0 Å². The van der Waals surface area contributed by atoms with E-state index in [0.717, 1.165) is 31.5 Å². The van der Waals surface area contributed by atoms with Gasteiger partial charge in [-0.3, -0.25) is 4.79 Å². The van der Waals surface area contributed by atoms with Crippen LogP contribution >= 0.6 is 0 Å². The van der Waals surface area contributed by atoms with Crippen molar-refractivity contribution in [2.45, 2.75) is 32.4 Å². The zero-order valence-corrected chi connectivity index (χ0v) is 11.4. The van der Waals surface area contributed by atoms with Crippen molar-refractivity contribution in [2.24, 2.45) is 5.41 Å². The van der Waals surface area contributed by atoms with Crippen LogP contribution < -0.4 is 5.32 Å². The smallest absolute Gasteiger partial charge is 0.316 e. The second kappa shape index (κ2) is 5.56. The van der Waals surface area contributed by atoms with Gasteiger partial charge in [-0.2, -0.15) is 13.2 Å². The normalized spacial score (nSPS) is 23.6. The summed E-state index contributed by atoms with van der Waals surface area (Å²) in [6, 6.07) is 4.84. The molecule has 1 fully saturated rings. The molecule has 1 aromatic rings. The van der Waals surface area contributed by atoms with Crippen LogP contribution in [0.5, 0.6) is 0 Å². The van der Waals surface area contributed by atoms with Crippen molar-refractivity contribution in [2.75, 3.05) is 13.1 Å². The average molecular weight is 285 g/mol. The van der Waals surface area contributed by atoms with Gasteiger partial charge in [0.2, 0.25) is 0 Å². The highest BCUT2D eigenvalue weighted by molar-refractivity contribution is 5.86. The third kappa shape index (κ3) is 3.39. The monoisotopic (exact) mass is 285 g/mol. The van der Waals surface area contributed by atoms with E-state index in [-0.39, 0.29) is 12.2 Å². The second-order valence-corrected chi connectivity index (χ2v) is 5.64. The van der Waals surface area contributed by atoms with E-state index in [1.54, 1.807) is 0 Å². The molecule has 1 aliphatic heterocycles. The standard InChI is InChI=1S/C15H18F3NO/c1-14(7-2-8-19-10-14)13(20)9-11-3-5-12(6-4-11)15(16,17)18/h3-6,19H,2,7-10H2,1H3. The fraction of sp³-hybridized carbons (Fsp3) is 0.533. The van der Waals surface area contributed by atoms with Crippen LogP contribution in [0.15, 0.2) is 24.3 Å². The molecule has 0 aromatic heterocycles. The highest BCUT2D eigenvalue weighted by atomic mass is 19.4. The molecule has 1 aliphatic rings. The minimum atomic E-state index is -4.33. The van der Waals surface area contributed by atoms with Crippen LogP contribution in [-0.4, -0.2) is 18.9 Å². The third-order valence-corrected chi connectivity index (χ3v) is 3.92. The first-order chi connectivity index (χ1) is 9.31. The lowest BCUT2D eigenvalue weighted by Gasteiger charge is -2.32. The molecule has 5 heteroatoms. The van der Waals surface area contributed by atoms with E-state index in [2.05, 4.69) is 5.32 Å². The van der Waals surface area contributed by atoms with Crippen molar-refractivity contribution in [3.8, 4) is 0 Å². The predicted molar refractivity (Wildman–Crippen MR) is 70.4 cm³/mol. The van der Waals surface area contributed by atoms with E-state index in [1.165, 1.54) is 12.1 Å². The molecule has 1 atom stereocenters. The lowest BCUT2D eigenvalue weighted by atomic mass is 9.77. The van der Waals surface area contributed by atoms with Gasteiger partial charge in [0.05, 0.1) is 5.56 Å². The van der Waals surface area contributed by atoms with E-state index in [0.29, 0.717) is 12.1 Å². The van der Waals surface area contributed by atoms with Crippen LogP contribution in [0.3, 0.4) is 0 Å². The Hall–Kier alpha value is -1.36. The number of alkyl halides is 3. The molecule has 1 heterocycles. The Bertz CT molecular complexity index is 473. The lowest BCUT2D eigenvalue weighted by molar-refractivity contribution is -0.137. The van der Waals surface area contributed by atoms with Gasteiger partial charge >= 0.3 is 6.18 Å². The molecule has 110 valence electrons. The van der Waals surface area contributed by atoms with Crippen LogP contribution in [0.4, 0.5) is 13.2 Å². The minimum Gasteiger partial charge on any atom is -0.316 e. The zero-order chi connectivity index (χ0) is 14.8. The number of carbonyl (C=O) groups excluding carboxylic acids is 1. The maximum atomic E-state index is 12.5. The number of carbonyl (C=O) groups is 1.